The van der Waals surface area contributed by atoms with Gasteiger partial charge in [-0.3, -0.25) is 4.90 Å². The lowest BCUT2D eigenvalue weighted by atomic mass is 10.2. The summed E-state index contributed by atoms with van der Waals surface area (Å²) in [5.41, 5.74) is 2.78. The van der Waals surface area contributed by atoms with Crippen molar-refractivity contribution in [3.05, 3.63) is 78.5 Å². The van der Waals surface area contributed by atoms with Crippen molar-refractivity contribution in [3.8, 4) is 5.75 Å². The Morgan fingerprint density at radius 2 is 1.78 bits per heavy atom. The van der Waals surface area contributed by atoms with Gasteiger partial charge in [0.25, 0.3) is 0 Å². The first-order valence-corrected chi connectivity index (χ1v) is 8.84. The van der Waals surface area contributed by atoms with Crippen LogP contribution in [0.3, 0.4) is 0 Å². The summed E-state index contributed by atoms with van der Waals surface area (Å²) in [7, 11) is 0. The molecule has 0 bridgehead atoms. The number of nitrogens with zero attached hydrogens (tertiary/aromatic N) is 2. The van der Waals surface area contributed by atoms with E-state index in [2.05, 4.69) is 27.8 Å². The van der Waals surface area contributed by atoms with Gasteiger partial charge < -0.3 is 15.4 Å². The number of anilines is 3. The Labute approximate surface area is 157 Å². The standard InChI is InChI=1S/C21H20N4O2/c26-21(24-17-9-5-2-6-10-17)25-11-12-27-19-13-18(15-23-20(19)25)22-14-16-7-3-1-4-8-16/h1-10,13,15,22H,11-12,14H2,(H,24,26). The summed E-state index contributed by atoms with van der Waals surface area (Å²) in [6.45, 7) is 1.58. The average molecular weight is 360 g/mol. The van der Waals surface area contributed by atoms with Crippen LogP contribution in [-0.2, 0) is 6.54 Å². The number of rotatable bonds is 4. The molecular weight excluding hydrogens is 340 g/mol. The highest BCUT2D eigenvalue weighted by molar-refractivity contribution is 6.02. The average Bonchev–Trinajstić information content (AvgIpc) is 2.73. The first kappa shape index (κ1) is 16.9. The molecule has 0 atom stereocenters. The molecule has 6 nitrogen and oxygen atoms in total. The number of nitrogens with one attached hydrogen (secondary N) is 2. The summed E-state index contributed by atoms with van der Waals surface area (Å²) in [5.74, 6) is 1.13. The summed E-state index contributed by atoms with van der Waals surface area (Å²) in [6.07, 6.45) is 1.72. The molecule has 2 amide bonds. The third-order valence-corrected chi connectivity index (χ3v) is 4.27. The SMILES string of the molecule is O=C(Nc1ccccc1)N1CCOc2cc(NCc3ccccc3)cnc21. The van der Waals surface area contributed by atoms with Gasteiger partial charge in [0, 0.05) is 18.3 Å². The van der Waals surface area contributed by atoms with Crippen LogP contribution in [0.1, 0.15) is 5.56 Å². The molecule has 136 valence electrons. The first-order chi connectivity index (χ1) is 13.3. The van der Waals surface area contributed by atoms with Crippen LogP contribution in [0, 0.1) is 0 Å². The number of carbonyl (C=O) groups excluding carboxylic acids is 1. The molecule has 0 aliphatic carbocycles. The van der Waals surface area contributed by atoms with Gasteiger partial charge in [0.1, 0.15) is 6.61 Å². The normalized spacial score (nSPS) is 12.7. The van der Waals surface area contributed by atoms with Crippen LogP contribution in [0.15, 0.2) is 72.9 Å². The predicted molar refractivity (Wildman–Crippen MR) is 106 cm³/mol. The number of urea groups is 1. The van der Waals surface area contributed by atoms with Gasteiger partial charge in [0.2, 0.25) is 0 Å². The maximum Gasteiger partial charge on any atom is 0.327 e. The van der Waals surface area contributed by atoms with E-state index in [1.807, 2.05) is 54.6 Å². The highest BCUT2D eigenvalue weighted by Gasteiger charge is 2.25. The summed E-state index contributed by atoms with van der Waals surface area (Å²) in [4.78, 5) is 18.7. The number of carbonyl (C=O) groups is 1. The number of hydrogen-bond acceptors (Lipinski definition) is 4. The highest BCUT2D eigenvalue weighted by atomic mass is 16.5. The van der Waals surface area contributed by atoms with Crippen molar-refractivity contribution in [2.75, 3.05) is 28.7 Å². The lowest BCUT2D eigenvalue weighted by Gasteiger charge is -2.28. The number of amides is 2. The Morgan fingerprint density at radius 3 is 2.56 bits per heavy atom. The minimum atomic E-state index is -0.219. The quantitative estimate of drug-likeness (QED) is 0.734. The predicted octanol–water partition coefficient (Wildman–Crippen LogP) is 4.12. The third-order valence-electron chi connectivity index (χ3n) is 4.27. The smallest absolute Gasteiger partial charge is 0.327 e. The fourth-order valence-electron chi connectivity index (χ4n) is 2.91. The van der Waals surface area contributed by atoms with Crippen molar-refractivity contribution in [1.82, 2.24) is 4.98 Å². The van der Waals surface area contributed by atoms with Crippen molar-refractivity contribution in [3.63, 3.8) is 0 Å². The monoisotopic (exact) mass is 360 g/mol. The summed E-state index contributed by atoms with van der Waals surface area (Å²) < 4.78 is 5.72. The number of hydrogen-bond donors (Lipinski definition) is 2. The lowest BCUT2D eigenvalue weighted by Crippen LogP contribution is -2.41. The van der Waals surface area contributed by atoms with E-state index in [0.717, 1.165) is 11.4 Å². The third kappa shape index (κ3) is 4.00. The van der Waals surface area contributed by atoms with Crippen LogP contribution in [0.2, 0.25) is 0 Å². The van der Waals surface area contributed by atoms with Crippen LogP contribution >= 0.6 is 0 Å². The summed E-state index contributed by atoms with van der Waals surface area (Å²) in [6, 6.07) is 21.2. The van der Waals surface area contributed by atoms with Gasteiger partial charge in [-0.15, -0.1) is 0 Å². The molecule has 2 N–H and O–H groups in total. The molecule has 2 heterocycles. The second kappa shape index (κ2) is 7.78. The van der Waals surface area contributed by atoms with Gasteiger partial charge in [-0.1, -0.05) is 48.5 Å². The molecule has 1 aromatic heterocycles. The molecule has 0 spiro atoms. The fourth-order valence-corrected chi connectivity index (χ4v) is 2.91. The molecule has 27 heavy (non-hydrogen) atoms. The Bertz CT molecular complexity index is 916. The van der Waals surface area contributed by atoms with Crippen LogP contribution in [0.4, 0.5) is 22.0 Å². The second-order valence-corrected chi connectivity index (χ2v) is 6.18. The Balaban J connectivity index is 1.47. The number of para-hydroxylation sites is 1. The Hall–Kier alpha value is -3.54. The molecule has 2 aromatic carbocycles. The van der Waals surface area contributed by atoms with E-state index in [-0.39, 0.29) is 6.03 Å². The van der Waals surface area contributed by atoms with Crippen molar-refractivity contribution < 1.29 is 9.53 Å². The molecular formula is C21H20N4O2. The van der Waals surface area contributed by atoms with Crippen molar-refractivity contribution in [2.45, 2.75) is 6.54 Å². The van der Waals surface area contributed by atoms with Gasteiger partial charge in [-0.25, -0.2) is 9.78 Å². The zero-order valence-corrected chi connectivity index (χ0v) is 14.8. The number of benzene rings is 2. The molecule has 1 aliphatic heterocycles. The van der Waals surface area contributed by atoms with E-state index >= 15 is 0 Å². The van der Waals surface area contributed by atoms with Gasteiger partial charge in [-0.2, -0.15) is 0 Å². The molecule has 1 aliphatic rings. The largest absolute Gasteiger partial charge is 0.488 e. The summed E-state index contributed by atoms with van der Waals surface area (Å²) in [5, 5.41) is 6.22. The van der Waals surface area contributed by atoms with Gasteiger partial charge in [0.15, 0.2) is 11.6 Å². The van der Waals surface area contributed by atoms with Gasteiger partial charge in [-0.05, 0) is 17.7 Å². The molecule has 0 saturated heterocycles. The molecule has 0 saturated carbocycles. The van der Waals surface area contributed by atoms with E-state index in [4.69, 9.17) is 4.74 Å². The lowest BCUT2D eigenvalue weighted by molar-refractivity contribution is 0.249. The van der Waals surface area contributed by atoms with Gasteiger partial charge in [0.05, 0.1) is 18.4 Å². The number of fused-ring (bicyclic) bond motifs is 1. The molecule has 6 heteroatoms. The highest BCUT2D eigenvalue weighted by Crippen LogP contribution is 2.32. The number of aromatic nitrogens is 1. The van der Waals surface area contributed by atoms with Crippen molar-refractivity contribution in [2.24, 2.45) is 0 Å². The van der Waals surface area contributed by atoms with Crippen LogP contribution in [-0.4, -0.2) is 24.2 Å². The Kier molecular flexibility index (Phi) is 4.87. The van der Waals surface area contributed by atoms with Crippen LogP contribution in [0.25, 0.3) is 0 Å². The maximum absolute atomic E-state index is 12.6. The molecule has 0 radical (unpaired) electrons. The van der Waals surface area contributed by atoms with E-state index in [1.54, 1.807) is 11.1 Å². The van der Waals surface area contributed by atoms with E-state index < -0.39 is 0 Å². The van der Waals surface area contributed by atoms with E-state index in [0.29, 0.717) is 31.3 Å². The van der Waals surface area contributed by atoms with Crippen LogP contribution in [0.5, 0.6) is 5.75 Å². The maximum atomic E-state index is 12.6. The molecule has 0 fully saturated rings. The number of pyridine rings is 1. The molecule has 4 rings (SSSR count). The van der Waals surface area contributed by atoms with Gasteiger partial charge >= 0.3 is 6.03 Å². The molecule has 0 unspecified atom stereocenters. The van der Waals surface area contributed by atoms with Crippen molar-refractivity contribution >= 4 is 23.2 Å². The number of ether oxygens (including phenoxy) is 1. The zero-order valence-electron chi connectivity index (χ0n) is 14.8. The Morgan fingerprint density at radius 1 is 1.04 bits per heavy atom. The molecule has 3 aromatic rings. The van der Waals surface area contributed by atoms with E-state index in [9.17, 15) is 4.79 Å². The summed E-state index contributed by atoms with van der Waals surface area (Å²) >= 11 is 0. The van der Waals surface area contributed by atoms with Crippen molar-refractivity contribution in [1.29, 1.82) is 0 Å². The topological polar surface area (TPSA) is 66.5 Å². The zero-order chi connectivity index (χ0) is 18.5. The van der Waals surface area contributed by atoms with Crippen LogP contribution < -0.4 is 20.3 Å². The minimum absolute atomic E-state index is 0.219. The first-order valence-electron chi connectivity index (χ1n) is 8.84. The second-order valence-electron chi connectivity index (χ2n) is 6.18. The minimum Gasteiger partial charge on any atom is -0.488 e. The fraction of sp³-hybridized carbons (Fsp3) is 0.143. The van der Waals surface area contributed by atoms with E-state index in [1.165, 1.54) is 5.56 Å².